The highest BCUT2D eigenvalue weighted by atomic mass is 79.9. The van der Waals surface area contributed by atoms with E-state index in [1.165, 1.54) is 45.0 Å². The third-order valence-electron chi connectivity index (χ3n) is 12.9. The number of aryl methyl sites for hydroxylation is 2. The maximum absolute atomic E-state index is 12.6. The number of hydrogen-bond donors (Lipinski definition) is 5. The molecule has 0 fully saturated rings. The first-order valence-corrected chi connectivity index (χ1v) is 30.9. The van der Waals surface area contributed by atoms with E-state index in [2.05, 4.69) is 31.9 Å². The normalized spacial score (nSPS) is 10.8. The molecule has 5 amide bonds. The highest BCUT2D eigenvalue weighted by Crippen LogP contribution is 2.31. The minimum Gasteiger partial charge on any atom is -0.507 e. The molecule has 0 saturated carbocycles. The van der Waals surface area contributed by atoms with Gasteiger partial charge in [0.05, 0.1) is 39.9 Å². The molecule has 0 spiro atoms. The van der Waals surface area contributed by atoms with E-state index >= 15 is 0 Å². The van der Waals surface area contributed by atoms with Crippen molar-refractivity contribution in [3.63, 3.8) is 0 Å². The van der Waals surface area contributed by atoms with Crippen LogP contribution in [0.25, 0.3) is 0 Å². The van der Waals surface area contributed by atoms with Gasteiger partial charge in [0.25, 0.3) is 34.8 Å². The van der Waals surface area contributed by atoms with Gasteiger partial charge in [-0.2, -0.15) is 0 Å². The highest BCUT2D eigenvalue weighted by Gasteiger charge is 2.35. The zero-order valence-electron chi connectivity index (χ0n) is 50.5. The quantitative estimate of drug-likeness (QED) is 0.0179. The van der Waals surface area contributed by atoms with Crippen LogP contribution in [0.3, 0.4) is 0 Å². The summed E-state index contributed by atoms with van der Waals surface area (Å²) in [6, 6.07) is 52.8. The monoisotopic (exact) mass is 1430 g/mol. The molecule has 10 rings (SSSR count). The second kappa shape index (κ2) is 35.3. The summed E-state index contributed by atoms with van der Waals surface area (Å²) in [5.74, 6) is -2.97. The van der Waals surface area contributed by atoms with Crippen molar-refractivity contribution in [1.29, 1.82) is 0 Å². The highest BCUT2D eigenvalue weighted by molar-refractivity contribution is 9.08. The fourth-order valence-corrected chi connectivity index (χ4v) is 9.94. The molecule has 0 bridgehead atoms. The zero-order chi connectivity index (χ0) is 68.8. The number of phenolic OH excluding ortho intramolecular Hbond substituents is 1. The minimum absolute atomic E-state index is 0.0523. The first-order chi connectivity index (χ1) is 44.7. The van der Waals surface area contributed by atoms with Gasteiger partial charge in [-0.05, 0) is 181 Å². The molecular weight excluding hydrogens is 1380 g/mol. The molecule has 0 saturated heterocycles. The maximum Gasteiger partial charge on any atom is 0.308 e. The van der Waals surface area contributed by atoms with Crippen LogP contribution >= 0.6 is 73.9 Å². The Balaban J connectivity index is 0.000000195. The lowest BCUT2D eigenvalue weighted by atomic mass is 10.1. The van der Waals surface area contributed by atoms with Crippen LogP contribution in [0.1, 0.15) is 105 Å². The van der Waals surface area contributed by atoms with E-state index in [0.29, 0.717) is 59.7 Å². The van der Waals surface area contributed by atoms with Crippen LogP contribution in [0.2, 0.25) is 20.1 Å². The standard InChI is InChI=1S/C22H15ClN2O4.C16H13BrClNO3.C16H14ClNO3.C9H7ClO3.C7H8ClN/c23-14-9-10-18(24-20(27)17-7-3-4-8-19(17)26)13(11-14)12-25-21(28)15-5-1-2-6-16(15)22(25)29;1-10(20)22-15-5-3-2-4-13(15)16(21)19-14-7-6-12(18)8-11(14)9-17;1-10-9-12(17)7-8-14(10)18-16(20)13-5-3-4-6-15(13)21-11(2)19;1-6(11)13-8-5-3-2-4-7(8)9(10)12;1-5-4-6(8)2-3-7(5)9/h1-11,26H,12H2,(H,24,27);2-8H,9H2,1H3,(H,19,21);3-9H,1-2H3,(H,18,20);2-5H,1H3;2-4H,9H2,1H3. The number of esters is 3. The summed E-state index contributed by atoms with van der Waals surface area (Å²) in [6.45, 7) is 7.56. The summed E-state index contributed by atoms with van der Waals surface area (Å²) >= 11 is 32.2. The Hall–Kier alpha value is -9.86. The number of fused-ring (bicyclic) bond motifs is 1. The fraction of sp³-hybridized carbons (Fsp3) is 0.100. The summed E-state index contributed by atoms with van der Waals surface area (Å²) in [6.07, 6.45) is 0. The van der Waals surface area contributed by atoms with E-state index < -0.39 is 40.9 Å². The van der Waals surface area contributed by atoms with Crippen molar-refractivity contribution in [3.8, 4) is 23.0 Å². The number of nitrogens with one attached hydrogen (secondary N) is 3. The number of nitrogens with two attached hydrogens (primary N) is 1. The Kier molecular flexibility index (Phi) is 27.5. The zero-order valence-corrected chi connectivity index (χ0v) is 55.9. The molecule has 482 valence electrons. The molecule has 0 aliphatic carbocycles. The summed E-state index contributed by atoms with van der Waals surface area (Å²) in [7, 11) is 0. The van der Waals surface area contributed by atoms with Crippen LogP contribution < -0.4 is 35.9 Å². The van der Waals surface area contributed by atoms with Crippen LogP contribution in [-0.4, -0.2) is 62.7 Å². The number of halogens is 6. The lowest BCUT2D eigenvalue weighted by Crippen LogP contribution is -2.29. The van der Waals surface area contributed by atoms with Crippen LogP contribution in [0.4, 0.5) is 22.7 Å². The van der Waals surface area contributed by atoms with E-state index in [1.807, 2.05) is 19.9 Å². The van der Waals surface area contributed by atoms with Crippen molar-refractivity contribution < 1.29 is 62.5 Å². The number of carbonyl (C=O) groups is 9. The van der Waals surface area contributed by atoms with Crippen molar-refractivity contribution in [3.05, 3.63) is 270 Å². The molecule has 94 heavy (non-hydrogen) atoms. The Bertz CT molecular complexity index is 4310. The maximum atomic E-state index is 12.6. The van der Waals surface area contributed by atoms with Gasteiger partial charge in [-0.3, -0.25) is 48.1 Å². The van der Waals surface area contributed by atoms with Gasteiger partial charge in [-0.1, -0.05) is 123 Å². The van der Waals surface area contributed by atoms with Crippen molar-refractivity contribution in [2.75, 3.05) is 21.7 Å². The molecule has 18 nitrogen and oxygen atoms in total. The predicted octanol–water partition coefficient (Wildman–Crippen LogP) is 16.6. The number of amides is 5. The summed E-state index contributed by atoms with van der Waals surface area (Å²) in [5.41, 5.74) is 12.8. The van der Waals surface area contributed by atoms with Gasteiger partial charge in [0.15, 0.2) is 0 Å². The molecule has 6 N–H and O–H groups in total. The smallest absolute Gasteiger partial charge is 0.308 e. The van der Waals surface area contributed by atoms with Crippen LogP contribution in [-0.2, 0) is 26.3 Å². The van der Waals surface area contributed by atoms with Gasteiger partial charge in [0.1, 0.15) is 23.0 Å². The number of para-hydroxylation sites is 4. The van der Waals surface area contributed by atoms with Gasteiger partial charge >= 0.3 is 17.9 Å². The van der Waals surface area contributed by atoms with Crippen LogP contribution in [0.15, 0.2) is 194 Å². The predicted molar refractivity (Wildman–Crippen MR) is 368 cm³/mol. The number of imide groups is 1. The largest absolute Gasteiger partial charge is 0.507 e. The lowest BCUT2D eigenvalue weighted by molar-refractivity contribution is -0.132. The number of phenols is 1. The van der Waals surface area contributed by atoms with Gasteiger partial charge in [-0.25, -0.2) is 0 Å². The van der Waals surface area contributed by atoms with E-state index in [9.17, 15) is 48.3 Å². The number of anilines is 4. The average Bonchev–Trinajstić information content (AvgIpc) is 1.64. The molecule has 1 aliphatic rings. The second-order valence-corrected chi connectivity index (χ2v) is 22.5. The molecule has 0 atom stereocenters. The molecule has 9 aromatic carbocycles. The first-order valence-electron chi connectivity index (χ1n) is 27.8. The fourth-order valence-electron chi connectivity index (χ4n) is 8.47. The molecule has 24 heteroatoms. The number of aromatic hydroxyl groups is 1. The van der Waals surface area contributed by atoms with Crippen molar-refractivity contribution in [2.45, 2.75) is 46.5 Å². The molecular formula is C70H57BrCl5N5O13. The van der Waals surface area contributed by atoms with Gasteiger partial charge in [-0.15, -0.1) is 0 Å². The molecule has 1 heterocycles. The topological polar surface area (TPSA) is 267 Å². The third kappa shape index (κ3) is 21.4. The van der Waals surface area contributed by atoms with Gasteiger partial charge in [0.2, 0.25) is 0 Å². The molecule has 9 aromatic rings. The Labute approximate surface area is 573 Å². The van der Waals surface area contributed by atoms with E-state index in [1.54, 1.807) is 164 Å². The van der Waals surface area contributed by atoms with Gasteiger partial charge in [0, 0.05) is 68.9 Å². The molecule has 0 aromatic heterocycles. The van der Waals surface area contributed by atoms with Crippen molar-refractivity contribution in [2.24, 2.45) is 0 Å². The Morgan fingerprint density at radius 3 is 1.23 bits per heavy atom. The second-order valence-electron chi connectivity index (χ2n) is 19.9. The van der Waals surface area contributed by atoms with Crippen molar-refractivity contribution >= 4 is 149 Å². The first kappa shape index (κ1) is 73.2. The number of nitrogens with zero attached hydrogens (tertiary/aromatic N) is 1. The van der Waals surface area contributed by atoms with Crippen LogP contribution in [0, 0.1) is 13.8 Å². The minimum atomic E-state index is -0.642. The summed E-state index contributed by atoms with van der Waals surface area (Å²) < 4.78 is 14.8. The number of carbonyl (C=O) groups excluding carboxylic acids is 9. The van der Waals surface area contributed by atoms with Crippen LogP contribution in [0.5, 0.6) is 23.0 Å². The third-order valence-corrected chi connectivity index (χ3v) is 14.7. The van der Waals surface area contributed by atoms with E-state index in [0.717, 1.165) is 32.3 Å². The summed E-state index contributed by atoms with van der Waals surface area (Å²) in [5, 5.41) is 20.4. The number of rotatable bonds is 13. The van der Waals surface area contributed by atoms with E-state index in [-0.39, 0.29) is 58.0 Å². The molecule has 0 radical (unpaired) electrons. The molecule has 0 unspecified atom stereocenters. The SMILES string of the molecule is CC(=O)Oc1ccccc1C(=O)Cl.CC(=O)Oc1ccccc1C(=O)Nc1ccc(Cl)cc1C.CC(=O)Oc1ccccc1C(=O)Nc1ccc(Cl)cc1CBr.Cc1cc(Cl)ccc1N.O=C(Nc1ccc(Cl)cc1CN1C(=O)c2ccccc2C1=O)c1ccccc1O. The molecule has 1 aliphatic heterocycles. The number of benzene rings is 9. The Morgan fingerprint density at radius 2 is 0.809 bits per heavy atom. The lowest BCUT2D eigenvalue weighted by Gasteiger charge is -2.18. The average molecular weight is 1430 g/mol. The van der Waals surface area contributed by atoms with Gasteiger partial charge < -0.3 is 41.0 Å². The summed E-state index contributed by atoms with van der Waals surface area (Å²) in [4.78, 5) is 107. The van der Waals surface area contributed by atoms with E-state index in [4.69, 9.17) is 77.9 Å². The van der Waals surface area contributed by atoms with Crippen molar-refractivity contribution in [1.82, 2.24) is 4.90 Å². The number of hydrogen-bond acceptors (Lipinski definition) is 14. The number of alkyl halides is 1. The number of ether oxygens (including phenoxy) is 3. The Morgan fingerprint density at radius 1 is 0.457 bits per heavy atom. The number of nitrogen functional groups attached to an aromatic ring is 1.